The van der Waals surface area contributed by atoms with Gasteiger partial charge in [0.2, 0.25) is 5.91 Å². The molecule has 0 saturated carbocycles. The second kappa shape index (κ2) is 8.42. The van der Waals surface area contributed by atoms with E-state index in [1.165, 1.54) is 29.4 Å². The first-order valence-corrected chi connectivity index (χ1v) is 10.0. The zero-order chi connectivity index (χ0) is 22.0. The van der Waals surface area contributed by atoms with Crippen molar-refractivity contribution >= 4 is 23.2 Å². The Labute approximate surface area is 178 Å². The Morgan fingerprint density at radius 3 is 2.58 bits per heavy atom. The van der Waals surface area contributed by atoms with Crippen LogP contribution >= 0.6 is 0 Å². The largest absolute Gasteiger partial charge is 0.370 e. The van der Waals surface area contributed by atoms with Crippen LogP contribution in [-0.2, 0) is 0 Å². The molecule has 4 N–H and O–H groups in total. The van der Waals surface area contributed by atoms with Gasteiger partial charge in [-0.1, -0.05) is 0 Å². The van der Waals surface area contributed by atoms with Crippen LogP contribution < -0.4 is 21.5 Å². The molecule has 160 valence electrons. The van der Waals surface area contributed by atoms with Crippen molar-refractivity contribution in [3.05, 3.63) is 63.7 Å². The van der Waals surface area contributed by atoms with Gasteiger partial charge in [0.1, 0.15) is 0 Å². The molecular weight excluding hydrogens is 398 g/mol. The summed E-state index contributed by atoms with van der Waals surface area (Å²) in [5.41, 5.74) is 7.72. The number of primary amides is 1. The number of amides is 2. The Morgan fingerprint density at radius 2 is 1.90 bits per heavy atom. The molecule has 2 aromatic heterocycles. The number of aromatic amines is 1. The molecule has 1 aromatic carbocycles. The number of rotatable bonds is 5. The highest BCUT2D eigenvalue weighted by Crippen LogP contribution is 2.30. The summed E-state index contributed by atoms with van der Waals surface area (Å²) in [4.78, 5) is 38.2. The van der Waals surface area contributed by atoms with Crippen LogP contribution in [0.5, 0.6) is 0 Å². The minimum absolute atomic E-state index is 0.320. The predicted octanol–water partition coefficient (Wildman–Crippen LogP) is 1.61. The fourth-order valence-electron chi connectivity index (χ4n) is 3.71. The summed E-state index contributed by atoms with van der Waals surface area (Å²) < 4.78 is 1.47. The first-order chi connectivity index (χ1) is 14.9. The molecule has 3 heterocycles. The molecule has 0 aliphatic carbocycles. The average molecular weight is 421 g/mol. The Bertz CT molecular complexity index is 1170. The maximum absolute atomic E-state index is 13.1. The van der Waals surface area contributed by atoms with E-state index >= 15 is 0 Å². The summed E-state index contributed by atoms with van der Waals surface area (Å²) >= 11 is 0. The molecular formula is C21H23N7O3. The lowest BCUT2D eigenvalue weighted by molar-refractivity contribution is 0.0996. The normalized spacial score (nSPS) is 13.8. The molecule has 1 aliphatic rings. The lowest BCUT2D eigenvalue weighted by atomic mass is 10.1. The molecule has 10 nitrogen and oxygen atoms in total. The molecule has 1 fully saturated rings. The minimum atomic E-state index is -0.561. The van der Waals surface area contributed by atoms with Crippen molar-refractivity contribution in [2.45, 2.75) is 26.2 Å². The van der Waals surface area contributed by atoms with Gasteiger partial charge in [0.25, 0.3) is 11.5 Å². The number of carbonyl (C=O) groups is 2. The van der Waals surface area contributed by atoms with E-state index in [0.717, 1.165) is 31.6 Å². The number of nitrogens with zero attached hydrogens (tertiary/aromatic N) is 4. The van der Waals surface area contributed by atoms with Crippen LogP contribution in [0.15, 0.2) is 41.3 Å². The predicted molar refractivity (Wildman–Crippen MR) is 116 cm³/mol. The van der Waals surface area contributed by atoms with Gasteiger partial charge in [0, 0.05) is 24.7 Å². The van der Waals surface area contributed by atoms with Gasteiger partial charge in [-0.2, -0.15) is 10.2 Å². The standard InChI is InChI=1S/C21H23N7O3/c1-13-15(12-23-28(13)18-7-8-19(29)26-25-18)21(31)24-16-11-14(20(22)30)5-6-17(16)27-9-3-2-4-10-27/h5-8,11-12H,2-4,9-10H2,1H3,(H2,22,30)(H,24,31)(H,26,29). The molecule has 3 aromatic rings. The van der Waals surface area contributed by atoms with Crippen molar-refractivity contribution in [1.82, 2.24) is 20.0 Å². The van der Waals surface area contributed by atoms with Crippen molar-refractivity contribution in [2.75, 3.05) is 23.3 Å². The van der Waals surface area contributed by atoms with E-state index in [1.807, 2.05) is 6.07 Å². The van der Waals surface area contributed by atoms with Crippen molar-refractivity contribution in [3.63, 3.8) is 0 Å². The highest BCUT2D eigenvalue weighted by atomic mass is 16.2. The topological polar surface area (TPSA) is 139 Å². The Balaban J connectivity index is 1.65. The molecule has 0 radical (unpaired) electrons. The summed E-state index contributed by atoms with van der Waals surface area (Å²) in [7, 11) is 0. The van der Waals surface area contributed by atoms with Gasteiger partial charge in [-0.05, 0) is 50.5 Å². The van der Waals surface area contributed by atoms with Crippen LogP contribution in [0.1, 0.15) is 45.7 Å². The average Bonchev–Trinajstić information content (AvgIpc) is 3.16. The number of hydrogen-bond donors (Lipinski definition) is 3. The van der Waals surface area contributed by atoms with Crippen LogP contribution in [0.25, 0.3) is 5.82 Å². The lowest BCUT2D eigenvalue weighted by Gasteiger charge is -2.30. The zero-order valence-corrected chi connectivity index (χ0v) is 17.1. The van der Waals surface area contributed by atoms with E-state index in [0.29, 0.717) is 28.3 Å². The van der Waals surface area contributed by atoms with Gasteiger partial charge in [-0.25, -0.2) is 9.78 Å². The maximum atomic E-state index is 13.1. The molecule has 4 rings (SSSR count). The second-order valence-electron chi connectivity index (χ2n) is 7.43. The van der Waals surface area contributed by atoms with E-state index < -0.39 is 5.91 Å². The third-order valence-electron chi connectivity index (χ3n) is 5.36. The van der Waals surface area contributed by atoms with Crippen LogP contribution in [0.3, 0.4) is 0 Å². The van der Waals surface area contributed by atoms with Gasteiger partial charge < -0.3 is 16.0 Å². The minimum Gasteiger partial charge on any atom is -0.370 e. The summed E-state index contributed by atoms with van der Waals surface area (Å²) in [6.45, 7) is 3.50. The molecule has 1 aliphatic heterocycles. The Kier molecular flexibility index (Phi) is 5.52. The van der Waals surface area contributed by atoms with E-state index in [2.05, 4.69) is 25.5 Å². The SMILES string of the molecule is Cc1c(C(=O)Nc2cc(C(N)=O)ccc2N2CCCCC2)cnn1-c1ccc(=O)[nH]n1. The molecule has 0 spiro atoms. The maximum Gasteiger partial charge on any atom is 0.264 e. The summed E-state index contributed by atoms with van der Waals surface area (Å²) in [6.07, 6.45) is 4.76. The highest BCUT2D eigenvalue weighted by Gasteiger charge is 2.21. The smallest absolute Gasteiger partial charge is 0.264 e. The molecule has 0 unspecified atom stereocenters. The Hall–Kier alpha value is -3.95. The summed E-state index contributed by atoms with van der Waals surface area (Å²) in [5, 5.41) is 13.4. The highest BCUT2D eigenvalue weighted by molar-refractivity contribution is 6.07. The number of anilines is 2. The number of benzene rings is 1. The van der Waals surface area contributed by atoms with Gasteiger partial charge in [0.15, 0.2) is 5.82 Å². The molecule has 0 bridgehead atoms. The van der Waals surface area contributed by atoms with E-state index in [-0.39, 0.29) is 11.5 Å². The number of nitrogens with two attached hydrogens (primary N) is 1. The number of carbonyl (C=O) groups excluding carboxylic acids is 2. The molecule has 31 heavy (non-hydrogen) atoms. The fourth-order valence-corrected chi connectivity index (χ4v) is 3.71. The zero-order valence-electron chi connectivity index (χ0n) is 17.1. The monoisotopic (exact) mass is 421 g/mol. The van der Waals surface area contributed by atoms with E-state index in [4.69, 9.17) is 5.73 Å². The number of H-pyrrole nitrogens is 1. The van der Waals surface area contributed by atoms with Crippen LogP contribution in [0.4, 0.5) is 11.4 Å². The Morgan fingerprint density at radius 1 is 1.13 bits per heavy atom. The molecule has 0 atom stereocenters. The van der Waals surface area contributed by atoms with Crippen LogP contribution in [0.2, 0.25) is 0 Å². The quantitative estimate of drug-likeness (QED) is 0.572. The summed E-state index contributed by atoms with van der Waals surface area (Å²) in [6, 6.07) is 7.96. The third-order valence-corrected chi connectivity index (χ3v) is 5.36. The number of piperidine rings is 1. The third kappa shape index (κ3) is 4.18. The van der Waals surface area contributed by atoms with Gasteiger partial charge in [-0.15, -0.1) is 0 Å². The molecule has 2 amide bonds. The van der Waals surface area contributed by atoms with Crippen LogP contribution in [0, 0.1) is 6.92 Å². The van der Waals surface area contributed by atoms with E-state index in [9.17, 15) is 14.4 Å². The van der Waals surface area contributed by atoms with Gasteiger partial charge in [-0.3, -0.25) is 14.4 Å². The molecule has 1 saturated heterocycles. The van der Waals surface area contributed by atoms with Gasteiger partial charge >= 0.3 is 0 Å². The van der Waals surface area contributed by atoms with Crippen molar-refractivity contribution in [3.8, 4) is 5.82 Å². The first kappa shape index (κ1) is 20.3. The molecule has 10 heteroatoms. The van der Waals surface area contributed by atoms with Crippen LogP contribution in [-0.4, -0.2) is 44.9 Å². The summed E-state index contributed by atoms with van der Waals surface area (Å²) in [5.74, 6) is -0.539. The van der Waals surface area contributed by atoms with Gasteiger partial charge in [0.05, 0.1) is 28.8 Å². The van der Waals surface area contributed by atoms with E-state index in [1.54, 1.807) is 19.1 Å². The number of hydrogen-bond acceptors (Lipinski definition) is 6. The fraction of sp³-hybridized carbons (Fsp3) is 0.286. The first-order valence-electron chi connectivity index (χ1n) is 10.0. The lowest BCUT2D eigenvalue weighted by Crippen LogP contribution is -2.30. The number of aromatic nitrogens is 4. The van der Waals surface area contributed by atoms with Crippen molar-refractivity contribution < 1.29 is 9.59 Å². The number of nitrogens with one attached hydrogen (secondary N) is 2. The van der Waals surface area contributed by atoms with Crippen molar-refractivity contribution in [1.29, 1.82) is 0 Å². The second-order valence-corrected chi connectivity index (χ2v) is 7.43. The van der Waals surface area contributed by atoms with Crippen molar-refractivity contribution in [2.24, 2.45) is 5.73 Å².